The van der Waals surface area contributed by atoms with E-state index in [4.69, 9.17) is 0 Å². The minimum atomic E-state index is -3.58. The Morgan fingerprint density at radius 3 is 2.77 bits per heavy atom. The van der Waals surface area contributed by atoms with Gasteiger partial charge in [-0.2, -0.15) is 5.10 Å². The molecule has 1 fully saturated rings. The van der Waals surface area contributed by atoms with Crippen LogP contribution in [0.15, 0.2) is 35.5 Å². The van der Waals surface area contributed by atoms with Gasteiger partial charge in [0.25, 0.3) is 0 Å². The molecule has 8 nitrogen and oxygen atoms in total. The third-order valence-electron chi connectivity index (χ3n) is 4.72. The maximum absolute atomic E-state index is 12.8. The molecule has 1 aromatic heterocycles. The van der Waals surface area contributed by atoms with Gasteiger partial charge in [-0.3, -0.25) is 9.48 Å². The van der Waals surface area contributed by atoms with E-state index < -0.39 is 10.0 Å². The van der Waals surface area contributed by atoms with Gasteiger partial charge in [0.1, 0.15) is 0 Å². The lowest BCUT2D eigenvalue weighted by molar-refractivity contribution is -0.119. The Hall–Kier alpha value is -2.23. The SMILES string of the molecule is CNS(=O)(=O)c1cc(NC(=O)[C@H]2CNC[C@@H]2c2cnn(C)c2)ccc1C. The molecule has 1 saturated heterocycles. The normalized spacial score (nSPS) is 20.3. The van der Waals surface area contributed by atoms with Crippen molar-refractivity contribution in [2.45, 2.75) is 17.7 Å². The minimum absolute atomic E-state index is 0.0367. The van der Waals surface area contributed by atoms with Crippen LogP contribution in [0.3, 0.4) is 0 Å². The summed E-state index contributed by atoms with van der Waals surface area (Å²) < 4.78 is 28.2. The van der Waals surface area contributed by atoms with Crippen LogP contribution >= 0.6 is 0 Å². The molecule has 140 valence electrons. The number of amides is 1. The molecule has 0 spiro atoms. The highest BCUT2D eigenvalue weighted by Gasteiger charge is 2.34. The van der Waals surface area contributed by atoms with E-state index in [9.17, 15) is 13.2 Å². The molecule has 1 aliphatic rings. The number of hydrogen-bond acceptors (Lipinski definition) is 5. The number of nitrogens with zero attached hydrogens (tertiary/aromatic N) is 2. The van der Waals surface area contributed by atoms with Gasteiger partial charge in [-0.1, -0.05) is 6.07 Å². The topological polar surface area (TPSA) is 105 Å². The van der Waals surface area contributed by atoms with Crippen LogP contribution in [0.1, 0.15) is 17.0 Å². The summed E-state index contributed by atoms with van der Waals surface area (Å²) in [6.07, 6.45) is 3.70. The number of aromatic nitrogens is 2. The predicted octanol–water partition coefficient (Wildman–Crippen LogP) is 0.578. The van der Waals surface area contributed by atoms with E-state index in [1.165, 1.54) is 13.1 Å². The first kappa shape index (κ1) is 18.6. The number of hydrogen-bond donors (Lipinski definition) is 3. The zero-order valence-corrected chi connectivity index (χ0v) is 15.8. The van der Waals surface area contributed by atoms with Crippen molar-refractivity contribution in [2.75, 3.05) is 25.5 Å². The molecule has 0 radical (unpaired) electrons. The lowest BCUT2D eigenvalue weighted by Crippen LogP contribution is -2.28. The number of rotatable bonds is 5. The van der Waals surface area contributed by atoms with Gasteiger partial charge in [-0.25, -0.2) is 13.1 Å². The van der Waals surface area contributed by atoms with Crippen molar-refractivity contribution in [2.24, 2.45) is 13.0 Å². The average Bonchev–Trinajstić information content (AvgIpc) is 3.25. The summed E-state index contributed by atoms with van der Waals surface area (Å²) in [5.41, 5.74) is 2.10. The van der Waals surface area contributed by atoms with Crippen molar-refractivity contribution >= 4 is 21.6 Å². The molecule has 2 atom stereocenters. The molecule has 0 unspecified atom stereocenters. The van der Waals surface area contributed by atoms with Crippen molar-refractivity contribution in [3.8, 4) is 0 Å². The van der Waals surface area contributed by atoms with E-state index >= 15 is 0 Å². The summed E-state index contributed by atoms with van der Waals surface area (Å²) in [5.74, 6) is -0.347. The fourth-order valence-electron chi connectivity index (χ4n) is 3.25. The standard InChI is InChI=1S/C17H23N5O3S/c1-11-4-5-13(6-16(11)26(24,25)18-2)21-17(23)15-9-19-8-14(15)12-7-20-22(3)10-12/h4-7,10,14-15,18-19H,8-9H2,1-3H3,(H,21,23)/t14-,15+/m1/s1. The zero-order chi connectivity index (χ0) is 18.9. The van der Waals surface area contributed by atoms with Gasteiger partial charge in [0, 0.05) is 37.9 Å². The highest BCUT2D eigenvalue weighted by atomic mass is 32.2. The average molecular weight is 377 g/mol. The quantitative estimate of drug-likeness (QED) is 0.707. The first-order chi connectivity index (χ1) is 12.3. The molecular weight excluding hydrogens is 354 g/mol. The smallest absolute Gasteiger partial charge is 0.240 e. The molecule has 9 heteroatoms. The number of benzene rings is 1. The van der Waals surface area contributed by atoms with Crippen LogP contribution in [0.4, 0.5) is 5.69 Å². The molecule has 1 amide bonds. The molecule has 1 aromatic carbocycles. The minimum Gasteiger partial charge on any atom is -0.326 e. The molecule has 2 heterocycles. The van der Waals surface area contributed by atoms with Crippen LogP contribution in [0, 0.1) is 12.8 Å². The number of aryl methyl sites for hydroxylation is 2. The largest absolute Gasteiger partial charge is 0.326 e. The van der Waals surface area contributed by atoms with Crippen molar-refractivity contribution in [3.05, 3.63) is 41.7 Å². The summed E-state index contributed by atoms with van der Waals surface area (Å²) in [6, 6.07) is 4.88. The highest BCUT2D eigenvalue weighted by molar-refractivity contribution is 7.89. The summed E-state index contributed by atoms with van der Waals surface area (Å²) in [5, 5.41) is 10.3. The van der Waals surface area contributed by atoms with Crippen LogP contribution in [0.5, 0.6) is 0 Å². The molecule has 0 saturated carbocycles. The molecule has 1 aliphatic heterocycles. The molecule has 0 aliphatic carbocycles. The first-order valence-electron chi connectivity index (χ1n) is 8.36. The monoisotopic (exact) mass is 377 g/mol. The predicted molar refractivity (Wildman–Crippen MR) is 98.4 cm³/mol. The van der Waals surface area contributed by atoms with Gasteiger partial charge < -0.3 is 10.6 Å². The first-order valence-corrected chi connectivity index (χ1v) is 9.84. The van der Waals surface area contributed by atoms with Gasteiger partial charge >= 0.3 is 0 Å². The Morgan fingerprint density at radius 1 is 1.35 bits per heavy atom. The molecule has 3 N–H and O–H groups in total. The van der Waals surface area contributed by atoms with E-state index in [2.05, 4.69) is 20.5 Å². The Morgan fingerprint density at radius 2 is 2.12 bits per heavy atom. The van der Waals surface area contributed by atoms with E-state index in [0.29, 0.717) is 24.3 Å². The summed E-state index contributed by atoms with van der Waals surface area (Å²) in [6.45, 7) is 2.99. The Labute approximate surface area is 153 Å². The van der Waals surface area contributed by atoms with Crippen molar-refractivity contribution < 1.29 is 13.2 Å². The van der Waals surface area contributed by atoms with Gasteiger partial charge in [-0.05, 0) is 37.2 Å². The van der Waals surface area contributed by atoms with E-state index in [1.54, 1.807) is 29.9 Å². The van der Waals surface area contributed by atoms with Crippen LogP contribution in [0.25, 0.3) is 0 Å². The highest BCUT2D eigenvalue weighted by Crippen LogP contribution is 2.29. The molecular formula is C17H23N5O3S. The summed E-state index contributed by atoms with van der Waals surface area (Å²) >= 11 is 0. The maximum atomic E-state index is 12.8. The molecule has 26 heavy (non-hydrogen) atoms. The maximum Gasteiger partial charge on any atom is 0.240 e. The summed E-state index contributed by atoms with van der Waals surface area (Å²) in [7, 11) is -0.374. The van der Waals surface area contributed by atoms with E-state index in [-0.39, 0.29) is 22.6 Å². The third kappa shape index (κ3) is 3.64. The van der Waals surface area contributed by atoms with Gasteiger partial charge in [0.05, 0.1) is 17.0 Å². The third-order valence-corrected chi connectivity index (χ3v) is 6.27. The number of sulfonamides is 1. The number of carbonyl (C=O) groups is 1. The molecule has 3 rings (SSSR count). The second-order valence-corrected chi connectivity index (χ2v) is 8.35. The van der Waals surface area contributed by atoms with Crippen LogP contribution < -0.4 is 15.4 Å². The number of anilines is 1. The second-order valence-electron chi connectivity index (χ2n) is 6.50. The van der Waals surface area contributed by atoms with E-state index in [1.807, 2.05) is 13.2 Å². The lowest BCUT2D eigenvalue weighted by atomic mass is 9.90. The number of nitrogens with one attached hydrogen (secondary N) is 3. The van der Waals surface area contributed by atoms with Crippen LogP contribution in [-0.4, -0.2) is 44.2 Å². The van der Waals surface area contributed by atoms with Gasteiger partial charge in [-0.15, -0.1) is 0 Å². The second kappa shape index (κ2) is 7.18. The van der Waals surface area contributed by atoms with E-state index in [0.717, 1.165) is 5.56 Å². The van der Waals surface area contributed by atoms with Crippen molar-refractivity contribution in [3.63, 3.8) is 0 Å². The Kier molecular flexibility index (Phi) is 5.12. The Bertz CT molecular complexity index is 922. The van der Waals surface area contributed by atoms with Gasteiger partial charge in [0.2, 0.25) is 15.9 Å². The van der Waals surface area contributed by atoms with Gasteiger partial charge in [0.15, 0.2) is 0 Å². The fraction of sp³-hybridized carbons (Fsp3) is 0.412. The molecule has 2 aromatic rings. The summed E-state index contributed by atoms with van der Waals surface area (Å²) in [4.78, 5) is 12.9. The Balaban J connectivity index is 1.80. The lowest BCUT2D eigenvalue weighted by Gasteiger charge is -2.17. The number of carbonyl (C=O) groups excluding carboxylic acids is 1. The van der Waals surface area contributed by atoms with Crippen molar-refractivity contribution in [1.82, 2.24) is 19.8 Å². The van der Waals surface area contributed by atoms with Crippen molar-refractivity contribution in [1.29, 1.82) is 0 Å². The van der Waals surface area contributed by atoms with Crippen LogP contribution in [0.2, 0.25) is 0 Å². The fourth-order valence-corrected chi connectivity index (χ4v) is 4.24. The zero-order valence-electron chi connectivity index (χ0n) is 15.0. The van der Waals surface area contributed by atoms with Crippen LogP contribution in [-0.2, 0) is 21.9 Å². The molecule has 0 bridgehead atoms.